The summed E-state index contributed by atoms with van der Waals surface area (Å²) in [6.07, 6.45) is 2.41. The number of amides is 2. The van der Waals surface area contributed by atoms with Crippen LogP contribution in [-0.4, -0.2) is 60.3 Å². The number of anilines is 1. The molecule has 0 bridgehead atoms. The first-order chi connectivity index (χ1) is 11.9. The third-order valence-corrected chi connectivity index (χ3v) is 4.97. The first kappa shape index (κ1) is 18.1. The molecule has 2 amide bonds. The number of carbonyl (C=O) groups excluding carboxylic acids is 1. The molecule has 3 rings (SSSR count). The van der Waals surface area contributed by atoms with Crippen LogP contribution in [0.2, 0.25) is 0 Å². The summed E-state index contributed by atoms with van der Waals surface area (Å²) >= 11 is 0. The maximum Gasteiger partial charge on any atom is 0.322 e. The molecule has 6 heteroatoms. The van der Waals surface area contributed by atoms with Crippen LogP contribution in [0, 0.1) is 12.7 Å². The molecule has 1 N–H and O–H groups in total. The van der Waals surface area contributed by atoms with E-state index in [0.717, 1.165) is 44.6 Å². The summed E-state index contributed by atoms with van der Waals surface area (Å²) in [6.45, 7) is 9.35. The highest BCUT2D eigenvalue weighted by Gasteiger charge is 2.32. The molecule has 0 radical (unpaired) electrons. The minimum atomic E-state index is -0.389. The molecule has 0 aromatic heterocycles. The number of aryl methyl sites for hydroxylation is 1. The lowest BCUT2D eigenvalue weighted by molar-refractivity contribution is -0.0712. The lowest BCUT2D eigenvalue weighted by Crippen LogP contribution is -2.51. The molecule has 0 spiro atoms. The number of rotatable bonds is 3. The van der Waals surface area contributed by atoms with E-state index in [1.165, 1.54) is 6.07 Å². The fraction of sp³-hybridized carbons (Fsp3) is 0.632. The van der Waals surface area contributed by atoms with E-state index < -0.39 is 0 Å². The number of urea groups is 1. The second-order valence-electron chi connectivity index (χ2n) is 7.38. The van der Waals surface area contributed by atoms with Gasteiger partial charge in [-0.1, -0.05) is 6.07 Å². The van der Waals surface area contributed by atoms with Crippen molar-refractivity contribution >= 4 is 11.7 Å². The second kappa shape index (κ2) is 7.70. The van der Waals surface area contributed by atoms with Crippen LogP contribution in [0.1, 0.15) is 32.3 Å². The largest absolute Gasteiger partial charge is 0.373 e. The summed E-state index contributed by atoms with van der Waals surface area (Å²) in [4.78, 5) is 16.9. The van der Waals surface area contributed by atoms with Gasteiger partial charge in [-0.05, 0) is 51.3 Å². The lowest BCUT2D eigenvalue weighted by Gasteiger charge is -2.38. The number of nitrogens with zero attached hydrogens (tertiary/aromatic N) is 2. The Kier molecular flexibility index (Phi) is 5.59. The first-order valence-corrected chi connectivity index (χ1v) is 9.14. The van der Waals surface area contributed by atoms with Crippen molar-refractivity contribution in [3.8, 4) is 0 Å². The van der Waals surface area contributed by atoms with Gasteiger partial charge in [0.1, 0.15) is 5.82 Å². The average molecular weight is 349 g/mol. The Hall–Kier alpha value is -1.66. The number of morpholine rings is 1. The van der Waals surface area contributed by atoms with E-state index in [4.69, 9.17) is 4.74 Å². The molecule has 0 unspecified atom stereocenters. The lowest BCUT2D eigenvalue weighted by atomic mass is 10.1. The van der Waals surface area contributed by atoms with Crippen LogP contribution in [-0.2, 0) is 4.74 Å². The van der Waals surface area contributed by atoms with Crippen LogP contribution in [0.5, 0.6) is 0 Å². The molecule has 1 aromatic carbocycles. The van der Waals surface area contributed by atoms with Crippen molar-refractivity contribution in [1.29, 1.82) is 0 Å². The Morgan fingerprint density at radius 1 is 1.32 bits per heavy atom. The van der Waals surface area contributed by atoms with Gasteiger partial charge in [0, 0.05) is 32.2 Å². The van der Waals surface area contributed by atoms with Gasteiger partial charge in [-0.3, -0.25) is 4.90 Å². The Bertz CT molecular complexity index is 615. The van der Waals surface area contributed by atoms with Gasteiger partial charge < -0.3 is 15.0 Å². The molecule has 1 aromatic rings. The number of hydrogen-bond donors (Lipinski definition) is 1. The maximum absolute atomic E-state index is 14.0. The van der Waals surface area contributed by atoms with Crippen LogP contribution >= 0.6 is 0 Å². The molecule has 0 aliphatic carbocycles. The van der Waals surface area contributed by atoms with Crippen molar-refractivity contribution in [2.24, 2.45) is 0 Å². The molecule has 25 heavy (non-hydrogen) atoms. The topological polar surface area (TPSA) is 44.8 Å². The highest BCUT2D eigenvalue weighted by atomic mass is 19.1. The molecule has 2 heterocycles. The highest BCUT2D eigenvalue weighted by Crippen LogP contribution is 2.23. The predicted octanol–water partition coefficient (Wildman–Crippen LogP) is 3.24. The van der Waals surface area contributed by atoms with Gasteiger partial charge in [-0.15, -0.1) is 0 Å². The smallest absolute Gasteiger partial charge is 0.322 e. The third-order valence-electron chi connectivity index (χ3n) is 4.97. The predicted molar refractivity (Wildman–Crippen MR) is 96.3 cm³/mol. The summed E-state index contributed by atoms with van der Waals surface area (Å²) in [5, 5.41) is 2.73. The van der Waals surface area contributed by atoms with Gasteiger partial charge in [0.05, 0.1) is 17.9 Å². The van der Waals surface area contributed by atoms with Gasteiger partial charge >= 0.3 is 6.03 Å². The van der Waals surface area contributed by atoms with Crippen LogP contribution in [0.25, 0.3) is 0 Å². The monoisotopic (exact) mass is 349 g/mol. The van der Waals surface area contributed by atoms with Gasteiger partial charge in [-0.2, -0.15) is 0 Å². The van der Waals surface area contributed by atoms with Crippen molar-refractivity contribution in [2.45, 2.75) is 51.9 Å². The minimum Gasteiger partial charge on any atom is -0.373 e. The normalized spacial score (nSPS) is 27.5. The van der Waals surface area contributed by atoms with E-state index in [1.54, 1.807) is 12.1 Å². The van der Waals surface area contributed by atoms with Gasteiger partial charge in [-0.25, -0.2) is 9.18 Å². The zero-order valence-electron chi connectivity index (χ0n) is 15.3. The van der Waals surface area contributed by atoms with E-state index in [-0.39, 0.29) is 35.8 Å². The maximum atomic E-state index is 14.0. The standard InChI is InChI=1S/C19H28FN3O2/c1-13-6-7-18(17(20)9-13)21-19(24)23-8-4-5-16(23)12-22-10-14(2)25-15(3)11-22/h6-7,9,14-16H,4-5,8,10-12H2,1-3H3,(H,21,24)/t14-,15+,16-/m0/s1. The first-order valence-electron chi connectivity index (χ1n) is 9.14. The van der Waals surface area contributed by atoms with Crippen molar-refractivity contribution in [1.82, 2.24) is 9.80 Å². The van der Waals surface area contributed by atoms with Crippen LogP contribution in [0.3, 0.4) is 0 Å². The van der Waals surface area contributed by atoms with Gasteiger partial charge in [0.2, 0.25) is 0 Å². The molecule has 2 fully saturated rings. The second-order valence-corrected chi connectivity index (χ2v) is 7.38. The van der Waals surface area contributed by atoms with E-state index in [0.29, 0.717) is 0 Å². The summed E-state index contributed by atoms with van der Waals surface area (Å²) in [5.74, 6) is -0.389. The van der Waals surface area contributed by atoms with E-state index >= 15 is 0 Å². The molecule has 0 saturated carbocycles. The van der Waals surface area contributed by atoms with Gasteiger partial charge in [0.15, 0.2) is 0 Å². The Morgan fingerprint density at radius 2 is 2.04 bits per heavy atom. The van der Waals surface area contributed by atoms with Crippen LogP contribution in [0.15, 0.2) is 18.2 Å². The number of likely N-dealkylation sites (tertiary alicyclic amines) is 1. The number of carbonyl (C=O) groups is 1. The van der Waals surface area contributed by atoms with Crippen LogP contribution < -0.4 is 5.32 Å². The van der Waals surface area contributed by atoms with Crippen molar-refractivity contribution in [2.75, 3.05) is 31.5 Å². The Balaban J connectivity index is 1.61. The summed E-state index contributed by atoms with van der Waals surface area (Å²) < 4.78 is 19.8. The number of hydrogen-bond acceptors (Lipinski definition) is 3. The van der Waals surface area contributed by atoms with E-state index in [2.05, 4.69) is 24.1 Å². The fourth-order valence-corrected chi connectivity index (χ4v) is 3.93. The zero-order valence-corrected chi connectivity index (χ0v) is 15.3. The number of ether oxygens (including phenoxy) is 1. The Morgan fingerprint density at radius 3 is 2.72 bits per heavy atom. The minimum absolute atomic E-state index is 0.172. The highest BCUT2D eigenvalue weighted by molar-refractivity contribution is 5.89. The summed E-state index contributed by atoms with van der Waals surface area (Å²) in [5.41, 5.74) is 1.08. The fourth-order valence-electron chi connectivity index (χ4n) is 3.93. The molecule has 5 nitrogen and oxygen atoms in total. The number of nitrogens with one attached hydrogen (secondary N) is 1. The van der Waals surface area contributed by atoms with E-state index in [1.807, 2.05) is 11.8 Å². The van der Waals surface area contributed by atoms with Gasteiger partial charge in [0.25, 0.3) is 0 Å². The van der Waals surface area contributed by atoms with Crippen molar-refractivity contribution < 1.29 is 13.9 Å². The zero-order chi connectivity index (χ0) is 18.0. The molecule has 2 aliphatic rings. The quantitative estimate of drug-likeness (QED) is 0.911. The molecular weight excluding hydrogens is 321 g/mol. The van der Waals surface area contributed by atoms with Crippen molar-refractivity contribution in [3.63, 3.8) is 0 Å². The summed E-state index contributed by atoms with van der Waals surface area (Å²) in [6, 6.07) is 4.83. The summed E-state index contributed by atoms with van der Waals surface area (Å²) in [7, 11) is 0. The van der Waals surface area contributed by atoms with Crippen LogP contribution in [0.4, 0.5) is 14.9 Å². The average Bonchev–Trinajstić information content (AvgIpc) is 2.97. The Labute approximate surface area is 149 Å². The molecule has 2 aliphatic heterocycles. The molecule has 3 atom stereocenters. The van der Waals surface area contributed by atoms with Crippen molar-refractivity contribution in [3.05, 3.63) is 29.6 Å². The van der Waals surface area contributed by atoms with E-state index in [9.17, 15) is 9.18 Å². The molecular formula is C19H28FN3O2. The number of halogens is 1. The molecule has 2 saturated heterocycles. The number of benzene rings is 1. The molecule has 138 valence electrons. The SMILES string of the molecule is Cc1ccc(NC(=O)N2CCC[C@H]2CN2C[C@@H](C)O[C@@H](C)C2)c(F)c1. The third kappa shape index (κ3) is 4.50.